The number of carbonyl (C=O) groups is 1. The first kappa shape index (κ1) is 24.8. The van der Waals surface area contributed by atoms with E-state index in [1.807, 2.05) is 0 Å². The molecule has 0 amide bonds. The van der Waals surface area contributed by atoms with Crippen LogP contribution in [0.2, 0.25) is 0 Å². The first-order valence-corrected chi connectivity index (χ1v) is 11.3. The molecule has 8 nitrogen and oxygen atoms in total. The quantitative estimate of drug-likeness (QED) is 0.268. The molecule has 38 heavy (non-hydrogen) atoms. The van der Waals surface area contributed by atoms with Gasteiger partial charge in [0.15, 0.2) is 5.82 Å². The van der Waals surface area contributed by atoms with E-state index in [0.29, 0.717) is 27.7 Å². The molecule has 2 aromatic carbocycles. The van der Waals surface area contributed by atoms with Gasteiger partial charge in [-0.25, -0.2) is 23.1 Å². The molecular weight excluding hydrogens is 499 g/mol. The Hall–Kier alpha value is -4.93. The van der Waals surface area contributed by atoms with Gasteiger partial charge in [-0.2, -0.15) is 4.98 Å². The van der Waals surface area contributed by atoms with Crippen molar-refractivity contribution in [3.05, 3.63) is 95.2 Å². The van der Waals surface area contributed by atoms with Crippen molar-refractivity contribution in [1.82, 2.24) is 19.9 Å². The average molecular weight is 519 g/mol. The number of methoxy groups -OCH3 is 2. The molecule has 5 rings (SSSR count). The second-order valence-corrected chi connectivity index (χ2v) is 8.20. The molecule has 0 saturated carbocycles. The van der Waals surface area contributed by atoms with Gasteiger partial charge in [-0.1, -0.05) is 12.1 Å². The fraction of sp³-hybridized carbons (Fsp3) is 0.111. The van der Waals surface area contributed by atoms with Crippen LogP contribution in [-0.4, -0.2) is 39.9 Å². The third kappa shape index (κ3) is 4.61. The van der Waals surface area contributed by atoms with E-state index in [1.54, 1.807) is 12.1 Å². The lowest BCUT2D eigenvalue weighted by molar-refractivity contribution is 0.103. The zero-order valence-corrected chi connectivity index (χ0v) is 20.2. The number of aromatic amines is 1. The van der Waals surface area contributed by atoms with Crippen LogP contribution >= 0.6 is 0 Å². The molecule has 0 atom stereocenters. The number of hydrogen-bond donors (Lipinski definition) is 2. The smallest absolute Gasteiger partial charge is 0.319 e. The summed E-state index contributed by atoms with van der Waals surface area (Å²) in [4.78, 5) is 28.8. The SMILES string of the molecule is COc1ncc(-c2cnc3[nH]cc(C(=O)c4c(F)ccc(NCc5cccc(F)c5)c4F)c3c2)c(OC)n1. The van der Waals surface area contributed by atoms with Gasteiger partial charge < -0.3 is 19.8 Å². The van der Waals surface area contributed by atoms with E-state index in [-0.39, 0.29) is 29.7 Å². The van der Waals surface area contributed by atoms with E-state index < -0.39 is 28.8 Å². The zero-order chi connectivity index (χ0) is 26.8. The van der Waals surface area contributed by atoms with Gasteiger partial charge >= 0.3 is 6.01 Å². The summed E-state index contributed by atoms with van der Waals surface area (Å²) in [6.45, 7) is 0.0695. The van der Waals surface area contributed by atoms with Crippen molar-refractivity contribution < 1.29 is 27.4 Å². The van der Waals surface area contributed by atoms with Crippen molar-refractivity contribution >= 4 is 22.5 Å². The Bertz CT molecular complexity index is 1670. The number of pyridine rings is 1. The predicted octanol–water partition coefficient (Wildman–Crippen LogP) is 5.30. The number of fused-ring (bicyclic) bond motifs is 1. The second kappa shape index (κ2) is 10.2. The summed E-state index contributed by atoms with van der Waals surface area (Å²) in [7, 11) is 2.85. The van der Waals surface area contributed by atoms with Crippen LogP contribution in [0, 0.1) is 17.5 Å². The van der Waals surface area contributed by atoms with E-state index in [1.165, 1.54) is 57.1 Å². The summed E-state index contributed by atoms with van der Waals surface area (Å²) < 4.78 is 54.0. The molecule has 0 spiro atoms. The molecule has 0 aliphatic carbocycles. The lowest BCUT2D eigenvalue weighted by Gasteiger charge is -2.12. The first-order chi connectivity index (χ1) is 18.4. The molecule has 11 heteroatoms. The van der Waals surface area contributed by atoms with Crippen LogP contribution in [0.3, 0.4) is 0 Å². The van der Waals surface area contributed by atoms with Gasteiger partial charge in [-0.15, -0.1) is 0 Å². The van der Waals surface area contributed by atoms with Gasteiger partial charge in [0.25, 0.3) is 0 Å². The molecule has 0 saturated heterocycles. The average Bonchev–Trinajstić information content (AvgIpc) is 3.35. The predicted molar refractivity (Wildman–Crippen MR) is 134 cm³/mol. The number of carbonyl (C=O) groups excluding carboxylic acids is 1. The van der Waals surface area contributed by atoms with Crippen molar-refractivity contribution in [3.8, 4) is 23.0 Å². The number of H-pyrrole nitrogens is 1. The first-order valence-electron chi connectivity index (χ1n) is 11.3. The number of hydrogen-bond acceptors (Lipinski definition) is 7. The van der Waals surface area contributed by atoms with Crippen LogP contribution in [0.5, 0.6) is 11.9 Å². The number of ether oxygens (including phenoxy) is 2. The normalized spacial score (nSPS) is 11.0. The zero-order valence-electron chi connectivity index (χ0n) is 20.2. The van der Waals surface area contributed by atoms with Crippen LogP contribution < -0.4 is 14.8 Å². The lowest BCUT2D eigenvalue weighted by atomic mass is 10.00. The molecule has 5 aromatic rings. The van der Waals surface area contributed by atoms with Gasteiger partial charge in [0, 0.05) is 41.6 Å². The van der Waals surface area contributed by atoms with Crippen molar-refractivity contribution in [2.75, 3.05) is 19.5 Å². The van der Waals surface area contributed by atoms with Crippen LogP contribution in [0.25, 0.3) is 22.2 Å². The number of benzene rings is 2. The van der Waals surface area contributed by atoms with Gasteiger partial charge in [0.2, 0.25) is 11.7 Å². The Morgan fingerprint density at radius 2 is 1.87 bits per heavy atom. The van der Waals surface area contributed by atoms with Crippen molar-refractivity contribution in [2.24, 2.45) is 0 Å². The Kier molecular flexibility index (Phi) is 6.65. The summed E-state index contributed by atoms with van der Waals surface area (Å²) in [5.74, 6) is -3.18. The number of aromatic nitrogens is 4. The molecule has 0 fully saturated rings. The highest BCUT2D eigenvalue weighted by Gasteiger charge is 2.25. The highest BCUT2D eigenvalue weighted by Crippen LogP contribution is 2.32. The highest BCUT2D eigenvalue weighted by atomic mass is 19.1. The molecule has 0 aliphatic heterocycles. The fourth-order valence-corrected chi connectivity index (χ4v) is 4.02. The molecule has 2 N–H and O–H groups in total. The Morgan fingerprint density at radius 3 is 2.63 bits per heavy atom. The maximum Gasteiger partial charge on any atom is 0.319 e. The highest BCUT2D eigenvalue weighted by molar-refractivity contribution is 6.16. The minimum atomic E-state index is -1.06. The Balaban J connectivity index is 1.51. The third-order valence-electron chi connectivity index (χ3n) is 5.88. The second-order valence-electron chi connectivity index (χ2n) is 8.20. The van der Waals surface area contributed by atoms with Gasteiger partial charge in [0.1, 0.15) is 17.3 Å². The number of nitrogens with zero attached hydrogens (tertiary/aromatic N) is 3. The molecule has 192 valence electrons. The number of halogens is 3. The summed E-state index contributed by atoms with van der Waals surface area (Å²) in [5, 5.41) is 3.13. The summed E-state index contributed by atoms with van der Waals surface area (Å²) >= 11 is 0. The summed E-state index contributed by atoms with van der Waals surface area (Å²) in [6.07, 6.45) is 4.35. The Labute approximate surface area is 214 Å². The number of rotatable bonds is 8. The fourth-order valence-electron chi connectivity index (χ4n) is 4.02. The molecule has 3 aromatic heterocycles. The van der Waals surface area contributed by atoms with E-state index in [9.17, 15) is 13.6 Å². The minimum Gasteiger partial charge on any atom is -0.480 e. The number of nitrogens with one attached hydrogen (secondary N) is 2. The van der Waals surface area contributed by atoms with E-state index >= 15 is 4.39 Å². The molecule has 0 unspecified atom stereocenters. The number of ketones is 1. The monoisotopic (exact) mass is 519 g/mol. The minimum absolute atomic E-state index is 0.0165. The van der Waals surface area contributed by atoms with Crippen molar-refractivity contribution in [2.45, 2.75) is 6.54 Å². The summed E-state index contributed by atoms with van der Waals surface area (Å²) in [5.41, 5.74) is 1.06. The van der Waals surface area contributed by atoms with Crippen LogP contribution in [0.15, 0.2) is 61.1 Å². The standard InChI is InChI=1S/C27H20F3N5O3/c1-37-26-18(12-34-27(35-26)38-2)15-9-17-19(13-33-25(17)32-11-15)24(36)22-20(29)6-7-21(23(22)30)31-10-14-4-3-5-16(28)8-14/h3-9,11-13,31H,10H2,1-2H3,(H,32,33). The van der Waals surface area contributed by atoms with Crippen LogP contribution in [0.1, 0.15) is 21.5 Å². The maximum absolute atomic E-state index is 15.4. The van der Waals surface area contributed by atoms with Gasteiger partial charge in [-0.3, -0.25) is 4.79 Å². The van der Waals surface area contributed by atoms with E-state index in [2.05, 4.69) is 25.3 Å². The van der Waals surface area contributed by atoms with Crippen LogP contribution in [-0.2, 0) is 6.54 Å². The Morgan fingerprint density at radius 1 is 1.03 bits per heavy atom. The topological polar surface area (TPSA) is 102 Å². The molecule has 0 aliphatic rings. The maximum atomic E-state index is 15.4. The molecule has 0 bridgehead atoms. The molecule has 0 radical (unpaired) electrons. The van der Waals surface area contributed by atoms with Crippen molar-refractivity contribution in [1.29, 1.82) is 0 Å². The molecule has 3 heterocycles. The van der Waals surface area contributed by atoms with E-state index in [0.717, 1.165) is 6.07 Å². The van der Waals surface area contributed by atoms with Gasteiger partial charge in [-0.05, 0) is 35.9 Å². The van der Waals surface area contributed by atoms with Crippen LogP contribution in [0.4, 0.5) is 18.9 Å². The van der Waals surface area contributed by atoms with Gasteiger partial charge in [0.05, 0.1) is 31.0 Å². The lowest BCUT2D eigenvalue weighted by Crippen LogP contribution is -2.11. The van der Waals surface area contributed by atoms with Crippen molar-refractivity contribution in [3.63, 3.8) is 0 Å². The molecular formula is C27H20F3N5O3. The van der Waals surface area contributed by atoms with E-state index in [4.69, 9.17) is 9.47 Å². The summed E-state index contributed by atoms with van der Waals surface area (Å²) in [6, 6.07) is 9.68. The number of anilines is 1. The largest absolute Gasteiger partial charge is 0.480 e. The third-order valence-corrected chi connectivity index (χ3v) is 5.88.